The molecule has 0 fully saturated rings. The molecule has 0 N–H and O–H groups in total. The number of hydrogen-bond acceptors (Lipinski definition) is 3. The first-order chi connectivity index (χ1) is 11.9. The van der Waals surface area contributed by atoms with Crippen LogP contribution in [0.5, 0.6) is 5.75 Å². The highest BCUT2D eigenvalue weighted by molar-refractivity contribution is 6.32. The van der Waals surface area contributed by atoms with Crippen LogP contribution in [-0.2, 0) is 4.79 Å². The normalized spacial score (nSPS) is 15.9. The number of ether oxygens (including phenoxy) is 1. The number of anilines is 1. The van der Waals surface area contributed by atoms with Gasteiger partial charge in [-0.1, -0.05) is 29.8 Å². The Hall–Kier alpha value is -2.88. The van der Waals surface area contributed by atoms with E-state index in [1.165, 1.54) is 5.01 Å². The van der Waals surface area contributed by atoms with Crippen molar-refractivity contribution in [2.24, 2.45) is 5.10 Å². The Morgan fingerprint density at radius 3 is 2.24 bits per heavy atom. The Kier molecular flexibility index (Phi) is 4.70. The molecule has 1 aliphatic heterocycles. The molecule has 0 unspecified atom stereocenters. The summed E-state index contributed by atoms with van der Waals surface area (Å²) in [7, 11) is 0. The molecular weight excluding hydrogens is 312 g/mol. The summed E-state index contributed by atoms with van der Waals surface area (Å²) in [5.41, 5.74) is 4.19. The molecule has 0 aromatic heterocycles. The molecule has 2 aromatic carbocycles. The van der Waals surface area contributed by atoms with Crippen LogP contribution >= 0.6 is 0 Å². The van der Waals surface area contributed by atoms with Gasteiger partial charge in [-0.05, 0) is 63.6 Å². The second-order valence-corrected chi connectivity index (χ2v) is 6.43. The molecular formula is C21H22N2O2. The van der Waals surface area contributed by atoms with E-state index in [0.717, 1.165) is 22.6 Å². The molecule has 0 atom stereocenters. The molecule has 0 saturated heterocycles. The summed E-state index contributed by atoms with van der Waals surface area (Å²) in [5.74, 6) is 0.713. The van der Waals surface area contributed by atoms with E-state index in [2.05, 4.69) is 5.10 Å². The van der Waals surface area contributed by atoms with Gasteiger partial charge in [0.25, 0.3) is 5.91 Å². The molecule has 1 aliphatic rings. The van der Waals surface area contributed by atoms with E-state index in [-0.39, 0.29) is 12.0 Å². The minimum atomic E-state index is -0.108. The van der Waals surface area contributed by atoms with E-state index in [1.54, 1.807) is 0 Å². The summed E-state index contributed by atoms with van der Waals surface area (Å²) in [5, 5.41) is 5.87. The fourth-order valence-corrected chi connectivity index (χ4v) is 2.63. The van der Waals surface area contributed by atoms with Gasteiger partial charge in [-0.15, -0.1) is 0 Å². The predicted molar refractivity (Wildman–Crippen MR) is 102 cm³/mol. The standard InChI is InChI=1S/C21H22N2O2/c1-14(2)25-19-11-7-17(8-12-19)13-20-16(4)22-23(21(20)24)18-9-5-15(3)6-10-18/h5-14H,1-4H3/b20-13-. The molecule has 2 aromatic rings. The number of nitrogens with zero attached hydrogens (tertiary/aromatic N) is 2. The molecule has 1 heterocycles. The van der Waals surface area contributed by atoms with Crippen molar-refractivity contribution in [3.8, 4) is 5.75 Å². The van der Waals surface area contributed by atoms with E-state index in [4.69, 9.17) is 4.74 Å². The van der Waals surface area contributed by atoms with Crippen molar-refractivity contribution < 1.29 is 9.53 Å². The second kappa shape index (κ2) is 6.93. The topological polar surface area (TPSA) is 41.9 Å². The lowest BCUT2D eigenvalue weighted by atomic mass is 10.1. The monoisotopic (exact) mass is 334 g/mol. The van der Waals surface area contributed by atoms with Gasteiger partial charge in [0.1, 0.15) is 5.75 Å². The largest absolute Gasteiger partial charge is 0.491 e. The Labute approximate surface area is 148 Å². The first-order valence-corrected chi connectivity index (χ1v) is 8.39. The Morgan fingerprint density at radius 2 is 1.64 bits per heavy atom. The number of carbonyl (C=O) groups is 1. The van der Waals surface area contributed by atoms with Crippen molar-refractivity contribution in [3.63, 3.8) is 0 Å². The third-order valence-electron chi connectivity index (χ3n) is 3.90. The van der Waals surface area contributed by atoms with Crippen LogP contribution in [-0.4, -0.2) is 17.7 Å². The fourth-order valence-electron chi connectivity index (χ4n) is 2.63. The van der Waals surface area contributed by atoms with E-state index in [0.29, 0.717) is 11.3 Å². The third-order valence-corrected chi connectivity index (χ3v) is 3.90. The van der Waals surface area contributed by atoms with Crippen LogP contribution in [0.25, 0.3) is 6.08 Å². The molecule has 4 heteroatoms. The lowest BCUT2D eigenvalue weighted by Crippen LogP contribution is -2.21. The lowest BCUT2D eigenvalue weighted by molar-refractivity contribution is -0.114. The summed E-state index contributed by atoms with van der Waals surface area (Å²) in [6.45, 7) is 7.86. The molecule has 0 radical (unpaired) electrons. The minimum absolute atomic E-state index is 0.108. The first kappa shape index (κ1) is 17.0. The van der Waals surface area contributed by atoms with Crippen LogP contribution in [0, 0.1) is 6.92 Å². The van der Waals surface area contributed by atoms with Gasteiger partial charge >= 0.3 is 0 Å². The number of amides is 1. The number of aryl methyl sites for hydroxylation is 1. The van der Waals surface area contributed by atoms with E-state index in [9.17, 15) is 4.79 Å². The van der Waals surface area contributed by atoms with Crippen molar-refractivity contribution in [3.05, 3.63) is 65.2 Å². The SMILES string of the molecule is CC1=NN(c2ccc(C)cc2)C(=O)/C1=C\c1ccc(OC(C)C)cc1. The number of hydrazone groups is 1. The average Bonchev–Trinajstić information content (AvgIpc) is 2.85. The van der Waals surface area contributed by atoms with Crippen LogP contribution in [0.2, 0.25) is 0 Å². The average molecular weight is 334 g/mol. The molecule has 4 nitrogen and oxygen atoms in total. The van der Waals surface area contributed by atoms with Crippen LogP contribution in [0.3, 0.4) is 0 Å². The van der Waals surface area contributed by atoms with Gasteiger partial charge in [0, 0.05) is 0 Å². The van der Waals surface area contributed by atoms with Crippen LogP contribution in [0.15, 0.2) is 59.2 Å². The van der Waals surface area contributed by atoms with Crippen LogP contribution in [0.1, 0.15) is 31.9 Å². The van der Waals surface area contributed by atoms with Crippen molar-refractivity contribution >= 4 is 23.4 Å². The minimum Gasteiger partial charge on any atom is -0.491 e. The lowest BCUT2D eigenvalue weighted by Gasteiger charge is -2.12. The zero-order valence-electron chi connectivity index (χ0n) is 15.0. The Bertz CT molecular complexity index is 831. The zero-order valence-corrected chi connectivity index (χ0v) is 15.0. The maximum Gasteiger partial charge on any atom is 0.280 e. The summed E-state index contributed by atoms with van der Waals surface area (Å²) >= 11 is 0. The summed E-state index contributed by atoms with van der Waals surface area (Å²) in [6.07, 6.45) is 2.01. The summed E-state index contributed by atoms with van der Waals surface area (Å²) in [4.78, 5) is 12.7. The smallest absolute Gasteiger partial charge is 0.280 e. The molecule has 0 aliphatic carbocycles. The molecule has 1 amide bonds. The van der Waals surface area contributed by atoms with Gasteiger partial charge < -0.3 is 4.74 Å². The number of benzene rings is 2. The number of hydrogen-bond donors (Lipinski definition) is 0. The van der Waals surface area contributed by atoms with Crippen molar-refractivity contribution in [2.45, 2.75) is 33.8 Å². The zero-order chi connectivity index (χ0) is 18.0. The van der Waals surface area contributed by atoms with Gasteiger partial charge in [0.2, 0.25) is 0 Å². The fraction of sp³-hybridized carbons (Fsp3) is 0.238. The maximum atomic E-state index is 12.7. The molecule has 0 saturated carbocycles. The second-order valence-electron chi connectivity index (χ2n) is 6.43. The number of carbonyl (C=O) groups excluding carboxylic acids is 1. The van der Waals surface area contributed by atoms with E-state index in [1.807, 2.05) is 82.3 Å². The van der Waals surface area contributed by atoms with Gasteiger partial charge in [-0.25, -0.2) is 0 Å². The van der Waals surface area contributed by atoms with Crippen molar-refractivity contribution in [2.75, 3.05) is 5.01 Å². The molecule has 25 heavy (non-hydrogen) atoms. The third kappa shape index (κ3) is 3.79. The number of rotatable bonds is 4. The van der Waals surface area contributed by atoms with Crippen LogP contribution in [0.4, 0.5) is 5.69 Å². The molecule has 128 valence electrons. The maximum absolute atomic E-state index is 12.7. The van der Waals surface area contributed by atoms with Gasteiger partial charge in [0.15, 0.2) is 0 Å². The molecule has 0 bridgehead atoms. The highest BCUT2D eigenvalue weighted by Crippen LogP contribution is 2.25. The Balaban J connectivity index is 1.83. The Morgan fingerprint density at radius 1 is 1.00 bits per heavy atom. The van der Waals surface area contributed by atoms with Crippen molar-refractivity contribution in [1.82, 2.24) is 0 Å². The molecule has 3 rings (SSSR count). The van der Waals surface area contributed by atoms with Crippen molar-refractivity contribution in [1.29, 1.82) is 0 Å². The summed E-state index contributed by atoms with van der Waals surface area (Å²) in [6, 6.07) is 15.5. The van der Waals surface area contributed by atoms with Gasteiger partial charge in [-0.2, -0.15) is 10.1 Å². The predicted octanol–water partition coefficient (Wildman–Crippen LogP) is 4.59. The van der Waals surface area contributed by atoms with E-state index >= 15 is 0 Å². The highest BCUT2D eigenvalue weighted by atomic mass is 16.5. The van der Waals surface area contributed by atoms with E-state index < -0.39 is 0 Å². The van der Waals surface area contributed by atoms with Crippen LogP contribution < -0.4 is 9.75 Å². The van der Waals surface area contributed by atoms with Gasteiger partial charge in [-0.3, -0.25) is 4.79 Å². The summed E-state index contributed by atoms with van der Waals surface area (Å²) < 4.78 is 5.65. The first-order valence-electron chi connectivity index (χ1n) is 8.39. The van der Waals surface area contributed by atoms with Gasteiger partial charge in [0.05, 0.1) is 23.1 Å². The molecule has 0 spiro atoms. The quantitative estimate of drug-likeness (QED) is 0.768. The highest BCUT2D eigenvalue weighted by Gasteiger charge is 2.28.